The van der Waals surface area contributed by atoms with Crippen LogP contribution in [-0.2, 0) is 0 Å². The van der Waals surface area contributed by atoms with Crippen molar-refractivity contribution in [1.82, 2.24) is 5.32 Å². The predicted molar refractivity (Wildman–Crippen MR) is 104 cm³/mol. The molecular weight excluding hydrogens is 330 g/mol. The molecular formula is C20H19N3OS. The van der Waals surface area contributed by atoms with Crippen molar-refractivity contribution in [3.05, 3.63) is 82.6 Å². The van der Waals surface area contributed by atoms with Gasteiger partial charge in [0.15, 0.2) is 5.96 Å². The lowest BCUT2D eigenvalue weighted by atomic mass is 9.98. The molecule has 126 valence electrons. The van der Waals surface area contributed by atoms with E-state index in [0.29, 0.717) is 13.2 Å². The van der Waals surface area contributed by atoms with E-state index in [1.165, 1.54) is 11.1 Å². The molecule has 2 heterocycles. The van der Waals surface area contributed by atoms with Crippen LogP contribution in [0, 0.1) is 0 Å². The number of nitrogens with zero attached hydrogens (tertiary/aromatic N) is 1. The zero-order chi connectivity index (χ0) is 16.9. The van der Waals surface area contributed by atoms with Crippen molar-refractivity contribution < 1.29 is 4.74 Å². The highest BCUT2D eigenvalue weighted by Gasteiger charge is 2.24. The molecule has 0 saturated heterocycles. The van der Waals surface area contributed by atoms with Crippen LogP contribution >= 0.6 is 11.3 Å². The van der Waals surface area contributed by atoms with Gasteiger partial charge in [-0.05, 0) is 40.6 Å². The van der Waals surface area contributed by atoms with E-state index < -0.39 is 0 Å². The first-order valence-corrected chi connectivity index (χ1v) is 9.21. The normalized spacial score (nSPS) is 17.4. The number of hydrogen-bond donors (Lipinski definition) is 2. The lowest BCUT2D eigenvalue weighted by Gasteiger charge is -2.29. The Morgan fingerprint density at radius 3 is 2.68 bits per heavy atom. The minimum absolute atomic E-state index is 0.123. The maximum absolute atomic E-state index is 5.70. The molecule has 2 N–H and O–H groups in total. The highest BCUT2D eigenvalue weighted by molar-refractivity contribution is 7.08. The first-order chi connectivity index (χ1) is 12.4. The van der Waals surface area contributed by atoms with Crippen molar-refractivity contribution in [2.24, 2.45) is 4.99 Å². The van der Waals surface area contributed by atoms with Crippen molar-refractivity contribution in [3.63, 3.8) is 0 Å². The van der Waals surface area contributed by atoms with Crippen LogP contribution < -0.4 is 15.4 Å². The zero-order valence-corrected chi connectivity index (χ0v) is 14.5. The molecule has 0 fully saturated rings. The van der Waals surface area contributed by atoms with Crippen LogP contribution in [0.1, 0.15) is 17.2 Å². The molecule has 25 heavy (non-hydrogen) atoms. The Morgan fingerprint density at radius 2 is 1.84 bits per heavy atom. The highest BCUT2D eigenvalue weighted by Crippen LogP contribution is 2.32. The van der Waals surface area contributed by atoms with Crippen LogP contribution in [0.15, 0.2) is 76.4 Å². The fourth-order valence-corrected chi connectivity index (χ4v) is 3.55. The van der Waals surface area contributed by atoms with E-state index in [2.05, 4.69) is 50.7 Å². The summed E-state index contributed by atoms with van der Waals surface area (Å²) in [6.07, 6.45) is 0. The van der Waals surface area contributed by atoms with Gasteiger partial charge in [-0.3, -0.25) is 0 Å². The molecule has 1 atom stereocenters. The van der Waals surface area contributed by atoms with Gasteiger partial charge in [-0.25, -0.2) is 4.99 Å². The lowest BCUT2D eigenvalue weighted by molar-refractivity contribution is 0.328. The number of nitrogens with one attached hydrogen (secondary N) is 2. The van der Waals surface area contributed by atoms with E-state index in [1.54, 1.807) is 11.3 Å². The number of fused-ring (bicyclic) bond motifs is 1. The summed E-state index contributed by atoms with van der Waals surface area (Å²) in [5.41, 5.74) is 3.59. The molecule has 0 amide bonds. The largest absolute Gasteiger partial charge is 0.492 e. The van der Waals surface area contributed by atoms with Gasteiger partial charge in [0.05, 0.1) is 12.6 Å². The van der Waals surface area contributed by atoms with Gasteiger partial charge in [0, 0.05) is 11.3 Å². The van der Waals surface area contributed by atoms with Crippen molar-refractivity contribution in [1.29, 1.82) is 0 Å². The molecule has 1 unspecified atom stereocenters. The number of guanidine groups is 1. The standard InChI is InChI=1S/C20H19N3OS/c1-2-6-16(7-3-1)24-12-11-21-20-22-18-9-5-4-8-17(18)19(23-20)15-10-13-25-14-15/h1-10,13-14,19H,11-12H2,(H2,21,22,23). The van der Waals surface area contributed by atoms with E-state index in [4.69, 9.17) is 4.74 Å². The highest BCUT2D eigenvalue weighted by atomic mass is 32.1. The van der Waals surface area contributed by atoms with Gasteiger partial charge in [0.1, 0.15) is 12.4 Å². The maximum Gasteiger partial charge on any atom is 0.196 e. The second-order valence-corrected chi connectivity index (χ2v) is 6.52. The number of anilines is 1. The molecule has 1 aliphatic rings. The van der Waals surface area contributed by atoms with E-state index in [0.717, 1.165) is 17.4 Å². The van der Waals surface area contributed by atoms with Crippen LogP contribution in [0.2, 0.25) is 0 Å². The Bertz CT molecular complexity index is 846. The van der Waals surface area contributed by atoms with Gasteiger partial charge in [-0.2, -0.15) is 11.3 Å². The van der Waals surface area contributed by atoms with Crippen LogP contribution in [0.25, 0.3) is 0 Å². The van der Waals surface area contributed by atoms with E-state index in [1.807, 2.05) is 36.4 Å². The Hall–Kier alpha value is -2.79. The molecule has 3 aromatic rings. The monoisotopic (exact) mass is 349 g/mol. The molecule has 4 rings (SSSR count). The number of para-hydroxylation sites is 2. The minimum atomic E-state index is 0.123. The minimum Gasteiger partial charge on any atom is -0.492 e. The second-order valence-electron chi connectivity index (χ2n) is 5.74. The van der Waals surface area contributed by atoms with E-state index in [-0.39, 0.29) is 6.04 Å². The van der Waals surface area contributed by atoms with Gasteiger partial charge in [0.25, 0.3) is 0 Å². The number of rotatable bonds is 5. The van der Waals surface area contributed by atoms with Gasteiger partial charge in [-0.1, -0.05) is 36.4 Å². The van der Waals surface area contributed by atoms with Gasteiger partial charge in [-0.15, -0.1) is 0 Å². The number of thiophene rings is 1. The number of hydrogen-bond acceptors (Lipinski definition) is 3. The summed E-state index contributed by atoms with van der Waals surface area (Å²) >= 11 is 1.71. The summed E-state index contributed by atoms with van der Waals surface area (Å²) < 4.78 is 5.70. The number of ether oxygens (including phenoxy) is 1. The Morgan fingerprint density at radius 1 is 1.00 bits per heavy atom. The summed E-state index contributed by atoms with van der Waals surface area (Å²) in [5.74, 6) is 1.65. The van der Waals surface area contributed by atoms with Gasteiger partial charge < -0.3 is 15.4 Å². The summed E-state index contributed by atoms with van der Waals surface area (Å²) in [6.45, 7) is 1.13. The fourth-order valence-electron chi connectivity index (χ4n) is 2.87. The van der Waals surface area contributed by atoms with Crippen molar-refractivity contribution in [2.45, 2.75) is 6.04 Å². The number of benzene rings is 2. The summed E-state index contributed by atoms with van der Waals surface area (Å²) in [5, 5.41) is 11.2. The van der Waals surface area contributed by atoms with Crippen LogP contribution in [0.3, 0.4) is 0 Å². The smallest absolute Gasteiger partial charge is 0.196 e. The Labute approximate surface area is 151 Å². The second kappa shape index (κ2) is 7.40. The third-order valence-corrected chi connectivity index (χ3v) is 4.76. The fraction of sp³-hybridized carbons (Fsp3) is 0.150. The molecule has 0 saturated carbocycles. The molecule has 0 radical (unpaired) electrons. The summed E-state index contributed by atoms with van der Waals surface area (Å²) in [6, 6.07) is 20.4. The SMILES string of the molecule is c1ccc(OCCN=C2Nc3ccccc3C(c3ccsc3)N2)cc1. The molecule has 0 bridgehead atoms. The summed E-state index contributed by atoms with van der Waals surface area (Å²) in [7, 11) is 0. The molecule has 4 nitrogen and oxygen atoms in total. The predicted octanol–water partition coefficient (Wildman–Crippen LogP) is 4.29. The molecule has 0 aliphatic carbocycles. The van der Waals surface area contributed by atoms with Crippen molar-refractivity contribution in [2.75, 3.05) is 18.5 Å². The first-order valence-electron chi connectivity index (χ1n) is 8.27. The third-order valence-electron chi connectivity index (χ3n) is 4.06. The van der Waals surface area contributed by atoms with Gasteiger partial charge in [0.2, 0.25) is 0 Å². The summed E-state index contributed by atoms with van der Waals surface area (Å²) in [4.78, 5) is 4.63. The van der Waals surface area contributed by atoms with Crippen molar-refractivity contribution >= 4 is 23.0 Å². The maximum atomic E-state index is 5.70. The topological polar surface area (TPSA) is 45.6 Å². The molecule has 0 spiro atoms. The molecule has 1 aliphatic heterocycles. The number of aliphatic imine (C=N–C) groups is 1. The lowest BCUT2D eigenvalue weighted by Crippen LogP contribution is -2.39. The van der Waals surface area contributed by atoms with Crippen molar-refractivity contribution in [3.8, 4) is 5.75 Å². The molecule has 1 aromatic heterocycles. The van der Waals surface area contributed by atoms with Gasteiger partial charge >= 0.3 is 0 Å². The van der Waals surface area contributed by atoms with Crippen LogP contribution in [0.4, 0.5) is 5.69 Å². The average Bonchev–Trinajstić information content (AvgIpc) is 3.20. The first kappa shape index (κ1) is 15.7. The Balaban J connectivity index is 1.46. The van der Waals surface area contributed by atoms with Crippen LogP contribution in [-0.4, -0.2) is 19.1 Å². The third kappa shape index (κ3) is 3.67. The molecule has 2 aromatic carbocycles. The quantitative estimate of drug-likeness (QED) is 0.676. The van der Waals surface area contributed by atoms with E-state index in [9.17, 15) is 0 Å². The van der Waals surface area contributed by atoms with E-state index >= 15 is 0 Å². The Kier molecular flexibility index (Phi) is 4.65. The average molecular weight is 349 g/mol. The molecule has 5 heteroatoms. The van der Waals surface area contributed by atoms with Crippen LogP contribution in [0.5, 0.6) is 5.75 Å². The zero-order valence-electron chi connectivity index (χ0n) is 13.7.